The van der Waals surface area contributed by atoms with Crippen molar-refractivity contribution in [3.05, 3.63) is 48.1 Å². The summed E-state index contributed by atoms with van der Waals surface area (Å²) in [5.74, 6) is -1.77. The minimum Gasteiger partial charge on any atom is -0.462 e. The summed E-state index contributed by atoms with van der Waals surface area (Å²) >= 11 is 0. The van der Waals surface area contributed by atoms with Gasteiger partial charge in [-0.1, -0.05) is 18.7 Å². The topological polar surface area (TPSA) is 78.9 Å². The molecule has 6 heteroatoms. The van der Waals surface area contributed by atoms with Crippen molar-refractivity contribution in [3.8, 4) is 5.75 Å². The van der Waals surface area contributed by atoms with Crippen LogP contribution in [-0.4, -0.2) is 31.1 Å². The molecular weight excluding hydrogens is 300 g/mol. The molecule has 0 amide bonds. The molecule has 1 aromatic carbocycles. The lowest BCUT2D eigenvalue weighted by Crippen LogP contribution is -2.18. The number of hydrogen-bond donors (Lipinski definition) is 0. The van der Waals surface area contributed by atoms with E-state index < -0.39 is 17.9 Å². The Hall–Kier alpha value is -2.89. The number of carbonyl (C=O) groups excluding carboxylic acids is 3. The Morgan fingerprint density at radius 1 is 1.00 bits per heavy atom. The van der Waals surface area contributed by atoms with Gasteiger partial charge in [0.25, 0.3) is 0 Å². The molecule has 0 saturated heterocycles. The van der Waals surface area contributed by atoms with Crippen molar-refractivity contribution in [1.29, 1.82) is 0 Å². The fourth-order valence-electron chi connectivity index (χ4n) is 1.58. The molecule has 0 radical (unpaired) electrons. The number of esters is 3. The predicted molar refractivity (Wildman–Crippen MR) is 83.5 cm³/mol. The summed E-state index contributed by atoms with van der Waals surface area (Å²) in [6.45, 7) is 6.87. The fraction of sp³-hybridized carbons (Fsp3) is 0.235. The van der Waals surface area contributed by atoms with Crippen LogP contribution in [-0.2, 0) is 23.9 Å². The Morgan fingerprint density at radius 2 is 1.52 bits per heavy atom. The molecule has 1 aromatic rings. The second kappa shape index (κ2) is 9.19. The van der Waals surface area contributed by atoms with Gasteiger partial charge in [0, 0.05) is 6.08 Å². The van der Waals surface area contributed by atoms with Crippen molar-refractivity contribution < 1.29 is 28.6 Å². The molecule has 0 atom stereocenters. The SMILES string of the molecule is C=CC(=O)Oc1ccc(C=C(C(=O)OCC)C(=O)OCC)cc1. The highest BCUT2D eigenvalue weighted by atomic mass is 16.6. The number of hydrogen-bond acceptors (Lipinski definition) is 6. The van der Waals surface area contributed by atoms with E-state index in [1.54, 1.807) is 26.0 Å². The Balaban J connectivity index is 3.01. The number of rotatable bonds is 7. The van der Waals surface area contributed by atoms with Crippen LogP contribution in [0.15, 0.2) is 42.5 Å². The molecule has 0 fully saturated rings. The van der Waals surface area contributed by atoms with Crippen molar-refractivity contribution in [2.45, 2.75) is 13.8 Å². The molecule has 0 heterocycles. The summed E-state index contributed by atoms with van der Waals surface area (Å²) in [6.07, 6.45) is 2.41. The third-order valence-corrected chi connectivity index (χ3v) is 2.57. The zero-order valence-corrected chi connectivity index (χ0v) is 13.0. The van der Waals surface area contributed by atoms with Crippen molar-refractivity contribution in [2.75, 3.05) is 13.2 Å². The quantitative estimate of drug-likeness (QED) is 0.252. The molecule has 0 aliphatic heterocycles. The minimum absolute atomic E-state index is 0.145. The monoisotopic (exact) mass is 318 g/mol. The number of ether oxygens (including phenoxy) is 3. The zero-order valence-electron chi connectivity index (χ0n) is 13.0. The predicted octanol–water partition coefficient (Wildman–Crippen LogP) is 2.29. The molecule has 6 nitrogen and oxygen atoms in total. The van der Waals surface area contributed by atoms with Crippen molar-refractivity contribution in [1.82, 2.24) is 0 Å². The van der Waals surface area contributed by atoms with Gasteiger partial charge in [0.2, 0.25) is 0 Å². The highest BCUT2D eigenvalue weighted by molar-refractivity contribution is 6.17. The van der Waals surface area contributed by atoms with Gasteiger partial charge in [0.05, 0.1) is 13.2 Å². The molecule has 0 aromatic heterocycles. The Bertz CT molecular complexity index is 592. The fourth-order valence-corrected chi connectivity index (χ4v) is 1.58. The number of benzene rings is 1. The third kappa shape index (κ3) is 5.78. The Morgan fingerprint density at radius 3 is 1.96 bits per heavy atom. The van der Waals surface area contributed by atoms with E-state index in [0.717, 1.165) is 6.08 Å². The van der Waals surface area contributed by atoms with Gasteiger partial charge in [-0.3, -0.25) is 0 Å². The lowest BCUT2D eigenvalue weighted by Gasteiger charge is -2.07. The van der Waals surface area contributed by atoms with Gasteiger partial charge in [-0.15, -0.1) is 0 Å². The maximum atomic E-state index is 11.8. The van der Waals surface area contributed by atoms with Crippen LogP contribution in [0.5, 0.6) is 5.75 Å². The maximum absolute atomic E-state index is 11.8. The van der Waals surface area contributed by atoms with Crippen molar-refractivity contribution >= 4 is 24.0 Å². The van der Waals surface area contributed by atoms with Gasteiger partial charge in [-0.05, 0) is 37.6 Å². The first-order valence-corrected chi connectivity index (χ1v) is 7.02. The van der Waals surface area contributed by atoms with Crippen molar-refractivity contribution in [2.24, 2.45) is 0 Å². The van der Waals surface area contributed by atoms with E-state index in [4.69, 9.17) is 14.2 Å². The summed E-state index contributed by atoms with van der Waals surface area (Å²) in [4.78, 5) is 34.8. The summed E-state index contributed by atoms with van der Waals surface area (Å²) in [5.41, 5.74) is 0.351. The van der Waals surface area contributed by atoms with Crippen molar-refractivity contribution in [3.63, 3.8) is 0 Å². The molecule has 0 aliphatic rings. The van der Waals surface area contributed by atoms with E-state index in [1.807, 2.05) is 0 Å². The second-order valence-electron chi connectivity index (χ2n) is 4.19. The Labute approximate surface area is 134 Å². The summed E-state index contributed by atoms with van der Waals surface area (Å²) in [5, 5.41) is 0. The third-order valence-electron chi connectivity index (χ3n) is 2.57. The van der Waals surface area contributed by atoms with E-state index in [9.17, 15) is 14.4 Å². The Kier molecular flexibility index (Phi) is 7.26. The van der Waals surface area contributed by atoms with E-state index in [1.165, 1.54) is 18.2 Å². The molecule has 0 saturated carbocycles. The van der Waals surface area contributed by atoms with Crippen LogP contribution < -0.4 is 4.74 Å². The summed E-state index contributed by atoms with van der Waals surface area (Å²) in [6, 6.07) is 6.23. The standard InChI is InChI=1S/C17H18O6/c1-4-15(18)23-13-9-7-12(8-10-13)11-14(16(19)21-5-2)17(20)22-6-3/h4,7-11H,1,5-6H2,2-3H3. The number of carbonyl (C=O) groups is 3. The lowest BCUT2D eigenvalue weighted by atomic mass is 10.1. The average Bonchev–Trinajstić information content (AvgIpc) is 2.54. The smallest absolute Gasteiger partial charge is 0.345 e. The molecule has 1 rings (SSSR count). The molecule has 0 unspecified atom stereocenters. The summed E-state index contributed by atoms with van der Waals surface area (Å²) in [7, 11) is 0. The van der Waals surface area contributed by atoms with Gasteiger partial charge < -0.3 is 14.2 Å². The maximum Gasteiger partial charge on any atom is 0.345 e. The average molecular weight is 318 g/mol. The van der Waals surface area contributed by atoms with E-state index >= 15 is 0 Å². The largest absolute Gasteiger partial charge is 0.462 e. The first-order chi connectivity index (χ1) is 11.0. The molecule has 0 spiro atoms. The molecule has 0 aliphatic carbocycles. The van der Waals surface area contributed by atoms with Crippen LogP contribution in [0, 0.1) is 0 Å². The normalized spacial score (nSPS) is 9.48. The van der Waals surface area contributed by atoms with Crippen LogP contribution in [0.3, 0.4) is 0 Å². The van der Waals surface area contributed by atoms with Crippen LogP contribution >= 0.6 is 0 Å². The van der Waals surface area contributed by atoms with Gasteiger partial charge in [0.1, 0.15) is 11.3 Å². The van der Waals surface area contributed by atoms with Gasteiger partial charge >= 0.3 is 17.9 Å². The van der Waals surface area contributed by atoms with E-state index in [2.05, 4.69) is 6.58 Å². The summed E-state index contributed by atoms with van der Waals surface area (Å²) < 4.78 is 14.6. The van der Waals surface area contributed by atoms with Gasteiger partial charge in [-0.2, -0.15) is 0 Å². The molecule has 0 N–H and O–H groups in total. The second-order valence-corrected chi connectivity index (χ2v) is 4.19. The highest BCUT2D eigenvalue weighted by Gasteiger charge is 2.20. The lowest BCUT2D eigenvalue weighted by molar-refractivity contribution is -0.146. The minimum atomic E-state index is -0.756. The van der Waals surface area contributed by atoms with Crippen LogP contribution in [0.1, 0.15) is 19.4 Å². The van der Waals surface area contributed by atoms with Crippen LogP contribution in [0.2, 0.25) is 0 Å². The highest BCUT2D eigenvalue weighted by Crippen LogP contribution is 2.16. The molecule has 122 valence electrons. The molecule has 23 heavy (non-hydrogen) atoms. The van der Waals surface area contributed by atoms with Gasteiger partial charge in [0.15, 0.2) is 0 Å². The van der Waals surface area contributed by atoms with Crippen LogP contribution in [0.25, 0.3) is 6.08 Å². The zero-order chi connectivity index (χ0) is 17.2. The van der Waals surface area contributed by atoms with E-state index in [0.29, 0.717) is 11.3 Å². The van der Waals surface area contributed by atoms with Crippen LogP contribution in [0.4, 0.5) is 0 Å². The molecule has 0 bridgehead atoms. The molecular formula is C17H18O6. The van der Waals surface area contributed by atoms with Gasteiger partial charge in [-0.25, -0.2) is 14.4 Å². The first kappa shape index (κ1) is 18.2. The first-order valence-electron chi connectivity index (χ1n) is 7.02. The van der Waals surface area contributed by atoms with E-state index in [-0.39, 0.29) is 18.8 Å².